The molecule has 0 fully saturated rings. The molecule has 0 aromatic heterocycles. The third-order valence-corrected chi connectivity index (χ3v) is 4.93. The number of carbonyl (C=O) groups is 1. The number of hydrogen-bond acceptors (Lipinski definition) is 8. The van der Waals surface area contributed by atoms with E-state index in [4.69, 9.17) is 9.47 Å². The van der Waals surface area contributed by atoms with Crippen molar-refractivity contribution in [3.8, 4) is 5.75 Å². The van der Waals surface area contributed by atoms with Crippen LogP contribution in [0, 0.1) is 24.0 Å². The van der Waals surface area contributed by atoms with E-state index in [-0.39, 0.29) is 30.5 Å². The van der Waals surface area contributed by atoms with Gasteiger partial charge in [0.05, 0.1) is 0 Å². The van der Waals surface area contributed by atoms with Crippen LogP contribution in [0.15, 0.2) is 18.2 Å². The van der Waals surface area contributed by atoms with Crippen LogP contribution in [0.25, 0.3) is 6.08 Å². The van der Waals surface area contributed by atoms with Gasteiger partial charge in [0, 0.05) is 17.1 Å². The number of thioether (sulfide) groups is 1. The second kappa shape index (κ2) is 9.92. The van der Waals surface area contributed by atoms with E-state index in [1.165, 1.54) is 17.8 Å². The molecule has 0 saturated carbocycles. The van der Waals surface area contributed by atoms with Crippen LogP contribution in [-0.4, -0.2) is 54.3 Å². The summed E-state index contributed by atoms with van der Waals surface area (Å²) in [7, 11) is 0. The molecule has 0 N–H and O–H groups in total. The first-order valence-corrected chi connectivity index (χ1v) is 9.90. The molecule has 166 valence electrons. The molecule has 30 heavy (non-hydrogen) atoms. The lowest BCUT2D eigenvalue weighted by Gasteiger charge is -2.36. The molecule has 0 aliphatic carbocycles. The highest BCUT2D eigenvalue weighted by atomic mass is 32.2. The van der Waals surface area contributed by atoms with Crippen molar-refractivity contribution in [3.63, 3.8) is 0 Å². The lowest BCUT2D eigenvalue weighted by Crippen LogP contribution is -2.53. The van der Waals surface area contributed by atoms with E-state index in [9.17, 15) is 28.1 Å². The van der Waals surface area contributed by atoms with Crippen LogP contribution in [0.3, 0.4) is 0 Å². The quantitative estimate of drug-likeness (QED) is 0.240. The summed E-state index contributed by atoms with van der Waals surface area (Å²) in [6.07, 6.45) is -3.99. The van der Waals surface area contributed by atoms with E-state index in [2.05, 4.69) is 9.57 Å². The molecule has 1 unspecified atom stereocenters. The van der Waals surface area contributed by atoms with Crippen molar-refractivity contribution in [3.05, 3.63) is 45.0 Å². The van der Waals surface area contributed by atoms with E-state index in [1.807, 2.05) is 6.92 Å². The highest BCUT2D eigenvalue weighted by Crippen LogP contribution is 2.43. The third kappa shape index (κ3) is 6.18. The summed E-state index contributed by atoms with van der Waals surface area (Å²) >= 11 is 1.20. The number of benzene rings is 1. The first kappa shape index (κ1) is 23.6. The number of halogens is 3. The molecule has 0 amide bonds. The Morgan fingerprint density at radius 1 is 1.23 bits per heavy atom. The molecule has 1 aliphatic rings. The van der Waals surface area contributed by atoms with E-state index in [0.717, 1.165) is 11.6 Å². The van der Waals surface area contributed by atoms with Crippen molar-refractivity contribution >= 4 is 24.0 Å². The fourth-order valence-corrected chi connectivity index (χ4v) is 3.26. The summed E-state index contributed by atoms with van der Waals surface area (Å²) in [5.74, 6) is 0.627. The van der Waals surface area contributed by atoms with Crippen LogP contribution >= 0.6 is 11.8 Å². The van der Waals surface area contributed by atoms with E-state index >= 15 is 0 Å². The minimum absolute atomic E-state index is 0.0748. The van der Waals surface area contributed by atoms with Gasteiger partial charge >= 0.3 is 12.3 Å². The topological polar surface area (TPSA) is 97.1 Å². The summed E-state index contributed by atoms with van der Waals surface area (Å²) in [5.41, 5.74) is -0.911. The van der Waals surface area contributed by atoms with Crippen molar-refractivity contribution in [2.24, 2.45) is 0 Å². The van der Waals surface area contributed by atoms with E-state index < -0.39 is 29.6 Å². The van der Waals surface area contributed by atoms with E-state index in [0.29, 0.717) is 11.1 Å². The molecule has 12 heteroatoms. The maximum Gasteiger partial charge on any atom is 0.508 e. The zero-order chi connectivity index (χ0) is 22.4. The van der Waals surface area contributed by atoms with Gasteiger partial charge in [0.2, 0.25) is 0 Å². The van der Waals surface area contributed by atoms with Crippen LogP contribution in [-0.2, 0) is 14.3 Å². The second-order valence-electron chi connectivity index (χ2n) is 6.38. The maximum absolute atomic E-state index is 13.8. The summed E-state index contributed by atoms with van der Waals surface area (Å²) in [4.78, 5) is 25.7. The Hall–Kier alpha value is -2.63. The molecule has 8 nitrogen and oxygen atoms in total. The largest absolute Gasteiger partial charge is 0.508 e. The Morgan fingerprint density at radius 2 is 1.93 bits per heavy atom. The first-order chi connectivity index (χ1) is 14.0. The van der Waals surface area contributed by atoms with E-state index in [1.54, 1.807) is 19.1 Å². The number of hydrogen-bond donors (Lipinski definition) is 0. The van der Waals surface area contributed by atoms with Crippen molar-refractivity contribution in [1.82, 2.24) is 0 Å². The molecular weight excluding hydrogens is 431 g/mol. The lowest BCUT2D eigenvalue weighted by atomic mass is 9.95. The second-order valence-corrected chi connectivity index (χ2v) is 7.60. The van der Waals surface area contributed by atoms with Gasteiger partial charge in [-0.2, -0.15) is 24.9 Å². The van der Waals surface area contributed by atoms with Gasteiger partial charge in [-0.25, -0.2) is 4.79 Å². The molecule has 1 heterocycles. The van der Waals surface area contributed by atoms with Gasteiger partial charge in [-0.1, -0.05) is 17.7 Å². The zero-order valence-corrected chi connectivity index (χ0v) is 17.0. The average molecular weight is 451 g/mol. The summed E-state index contributed by atoms with van der Waals surface area (Å²) in [6, 6.07) is 3.39. The normalized spacial score (nSPS) is 17.6. The van der Waals surface area contributed by atoms with Gasteiger partial charge in [-0.3, -0.25) is 0 Å². The van der Waals surface area contributed by atoms with Crippen LogP contribution in [0.4, 0.5) is 18.0 Å². The molecule has 1 aromatic carbocycles. The molecule has 0 radical (unpaired) electrons. The predicted molar refractivity (Wildman–Crippen MR) is 102 cm³/mol. The Kier molecular flexibility index (Phi) is 7.82. The lowest BCUT2D eigenvalue weighted by molar-refractivity contribution is -0.756. The minimum atomic E-state index is -4.84. The van der Waals surface area contributed by atoms with Gasteiger partial charge in [-0.05, 0) is 31.6 Å². The number of carbonyl (C=O) groups excluding carboxylic acids is 1. The average Bonchev–Trinajstić information content (AvgIpc) is 2.64. The summed E-state index contributed by atoms with van der Waals surface area (Å²) in [6.45, 7) is 2.08. The standard InChI is InChI=1S/C18H20F3NO7S/c1-12-9-13(2)15-14(10-12)3-4-17(29-15,18(19,20)21)11-27-16(23)26-5-7-30-8-6-28-22(24)25/h3-4,9-10H,5-8,11H2,1-2H3. The molecule has 0 saturated heterocycles. The van der Waals surface area contributed by atoms with Crippen LogP contribution in [0.2, 0.25) is 0 Å². The van der Waals surface area contributed by atoms with Crippen LogP contribution < -0.4 is 4.74 Å². The Labute approximate surface area is 174 Å². The summed E-state index contributed by atoms with van der Waals surface area (Å²) < 4.78 is 56.0. The zero-order valence-electron chi connectivity index (χ0n) is 16.2. The van der Waals surface area contributed by atoms with Crippen molar-refractivity contribution < 1.29 is 42.1 Å². The number of fused-ring (bicyclic) bond motifs is 1. The Morgan fingerprint density at radius 3 is 2.60 bits per heavy atom. The van der Waals surface area contributed by atoms with Gasteiger partial charge in [-0.15, -0.1) is 10.1 Å². The van der Waals surface area contributed by atoms with Crippen molar-refractivity contribution in [2.45, 2.75) is 25.6 Å². The van der Waals surface area contributed by atoms with Crippen LogP contribution in [0.1, 0.15) is 16.7 Å². The van der Waals surface area contributed by atoms with Gasteiger partial charge < -0.3 is 19.0 Å². The maximum atomic E-state index is 13.8. The Balaban J connectivity index is 1.89. The molecular formula is C18H20F3NO7S. The number of nitrogens with zero attached hydrogens (tertiary/aromatic N) is 1. The highest BCUT2D eigenvalue weighted by Gasteiger charge is 2.58. The van der Waals surface area contributed by atoms with Gasteiger partial charge in [0.15, 0.2) is 0 Å². The molecule has 0 bridgehead atoms. The summed E-state index contributed by atoms with van der Waals surface area (Å²) in [5, 5.41) is 9.05. The van der Waals surface area contributed by atoms with Gasteiger partial charge in [0.1, 0.15) is 25.6 Å². The molecule has 0 spiro atoms. The highest BCUT2D eigenvalue weighted by molar-refractivity contribution is 7.99. The fourth-order valence-electron chi connectivity index (χ4n) is 2.67. The van der Waals surface area contributed by atoms with Crippen molar-refractivity contribution in [2.75, 3.05) is 31.3 Å². The molecule has 1 aromatic rings. The number of aryl methyl sites for hydroxylation is 2. The minimum Gasteiger partial charge on any atom is -0.469 e. The number of alkyl halides is 3. The predicted octanol–water partition coefficient (Wildman–Crippen LogP) is 4.10. The number of rotatable bonds is 9. The monoisotopic (exact) mass is 451 g/mol. The molecule has 1 aliphatic heterocycles. The molecule has 2 rings (SSSR count). The van der Waals surface area contributed by atoms with Crippen molar-refractivity contribution in [1.29, 1.82) is 0 Å². The Bertz CT molecular complexity index is 816. The van der Waals surface area contributed by atoms with Gasteiger partial charge in [0.25, 0.3) is 10.7 Å². The van der Waals surface area contributed by atoms with Crippen LogP contribution in [0.5, 0.6) is 5.75 Å². The number of ether oxygens (including phenoxy) is 3. The smallest absolute Gasteiger partial charge is 0.469 e. The first-order valence-electron chi connectivity index (χ1n) is 8.75. The molecule has 1 atom stereocenters. The third-order valence-electron chi connectivity index (χ3n) is 4.02. The fraction of sp³-hybridized carbons (Fsp3) is 0.500. The SMILES string of the molecule is Cc1cc(C)c2c(c1)C=CC(COC(=O)OCCSCCO[N+](=O)[O-])(C(F)(F)F)O2.